The molecule has 116 valence electrons. The lowest BCUT2D eigenvalue weighted by atomic mass is 10.0. The highest BCUT2D eigenvalue weighted by Gasteiger charge is 2.17. The first kappa shape index (κ1) is 15.0. The van der Waals surface area contributed by atoms with Crippen LogP contribution in [0.3, 0.4) is 0 Å². The van der Waals surface area contributed by atoms with Crippen molar-refractivity contribution < 1.29 is 0 Å². The van der Waals surface area contributed by atoms with E-state index in [2.05, 4.69) is 39.3 Å². The molecular formula is C17H22N4S. The van der Waals surface area contributed by atoms with Gasteiger partial charge in [-0.25, -0.2) is 9.98 Å². The molecule has 0 radical (unpaired) electrons. The van der Waals surface area contributed by atoms with Crippen LogP contribution in [0.15, 0.2) is 40.7 Å². The number of nitrogens with two attached hydrogens (primary N) is 1. The Labute approximate surface area is 135 Å². The predicted molar refractivity (Wildman–Crippen MR) is 92.8 cm³/mol. The summed E-state index contributed by atoms with van der Waals surface area (Å²) in [5, 5.41) is 3.11. The second kappa shape index (κ2) is 6.92. The maximum atomic E-state index is 6.13. The molecule has 2 aromatic rings. The second-order valence-electron chi connectivity index (χ2n) is 5.88. The van der Waals surface area contributed by atoms with Crippen molar-refractivity contribution in [3.63, 3.8) is 0 Å². The van der Waals surface area contributed by atoms with E-state index in [-0.39, 0.29) is 0 Å². The number of hydrogen-bond donors (Lipinski definition) is 1. The Balaban J connectivity index is 1.64. The summed E-state index contributed by atoms with van der Waals surface area (Å²) in [6, 6.07) is 10.2. The van der Waals surface area contributed by atoms with E-state index in [0.29, 0.717) is 18.4 Å². The molecule has 0 aliphatic carbocycles. The average Bonchev–Trinajstić information content (AvgIpc) is 3.02. The summed E-state index contributed by atoms with van der Waals surface area (Å²) >= 11 is 1.66. The van der Waals surface area contributed by atoms with Crippen LogP contribution >= 0.6 is 11.3 Å². The maximum Gasteiger partial charge on any atom is 0.191 e. The summed E-state index contributed by atoms with van der Waals surface area (Å²) in [5.41, 5.74) is 8.26. The third-order valence-electron chi connectivity index (χ3n) is 3.96. The molecule has 1 aromatic heterocycles. The minimum atomic E-state index is 0.556. The molecule has 4 nitrogen and oxygen atoms in total. The number of likely N-dealkylation sites (tertiary alicyclic amines) is 1. The van der Waals surface area contributed by atoms with Crippen LogP contribution in [-0.4, -0.2) is 28.9 Å². The molecule has 3 rings (SSSR count). The van der Waals surface area contributed by atoms with Crippen LogP contribution in [0.25, 0.3) is 10.6 Å². The van der Waals surface area contributed by atoms with Gasteiger partial charge in [-0.15, -0.1) is 11.3 Å². The van der Waals surface area contributed by atoms with Gasteiger partial charge in [-0.3, -0.25) is 0 Å². The van der Waals surface area contributed by atoms with Crippen LogP contribution in [0.4, 0.5) is 0 Å². The van der Waals surface area contributed by atoms with Gasteiger partial charge in [0.05, 0.1) is 12.2 Å². The van der Waals surface area contributed by atoms with Gasteiger partial charge in [0.2, 0.25) is 0 Å². The highest BCUT2D eigenvalue weighted by atomic mass is 32.1. The van der Waals surface area contributed by atoms with Crippen molar-refractivity contribution in [3.8, 4) is 10.6 Å². The largest absolute Gasteiger partial charge is 0.370 e. The molecule has 2 N–H and O–H groups in total. The molecule has 22 heavy (non-hydrogen) atoms. The summed E-state index contributed by atoms with van der Waals surface area (Å²) in [6.45, 7) is 4.86. The first-order valence-corrected chi connectivity index (χ1v) is 8.65. The molecular weight excluding hydrogens is 292 g/mol. The van der Waals surface area contributed by atoms with E-state index in [1.54, 1.807) is 11.3 Å². The van der Waals surface area contributed by atoms with Crippen molar-refractivity contribution in [2.75, 3.05) is 13.1 Å². The summed E-state index contributed by atoms with van der Waals surface area (Å²) in [5.74, 6) is 1.35. The fourth-order valence-electron chi connectivity index (χ4n) is 2.75. The molecule has 1 fully saturated rings. The highest BCUT2D eigenvalue weighted by Crippen LogP contribution is 2.23. The van der Waals surface area contributed by atoms with Crippen LogP contribution in [0.1, 0.15) is 25.5 Å². The average molecular weight is 314 g/mol. The van der Waals surface area contributed by atoms with Gasteiger partial charge in [0.15, 0.2) is 5.96 Å². The molecule has 1 saturated heterocycles. The summed E-state index contributed by atoms with van der Waals surface area (Å²) in [6.07, 6.45) is 2.49. The zero-order valence-corrected chi connectivity index (χ0v) is 13.7. The predicted octanol–water partition coefficient (Wildman–Crippen LogP) is 3.36. The minimum Gasteiger partial charge on any atom is -0.370 e. The first-order chi connectivity index (χ1) is 10.7. The number of benzene rings is 1. The lowest BCUT2D eigenvalue weighted by Gasteiger charge is -2.31. The normalized spacial score (nSPS) is 19.4. The lowest BCUT2D eigenvalue weighted by Crippen LogP contribution is -2.43. The Bertz CT molecular complexity index is 635. The summed E-state index contributed by atoms with van der Waals surface area (Å²) in [4.78, 5) is 11.4. The van der Waals surface area contributed by atoms with Crippen LogP contribution < -0.4 is 5.73 Å². The second-order valence-corrected chi connectivity index (χ2v) is 6.74. The van der Waals surface area contributed by atoms with Gasteiger partial charge in [-0.1, -0.05) is 37.3 Å². The van der Waals surface area contributed by atoms with Crippen molar-refractivity contribution in [2.45, 2.75) is 26.3 Å². The maximum absolute atomic E-state index is 6.13. The van der Waals surface area contributed by atoms with E-state index in [4.69, 9.17) is 5.73 Å². The number of thiazole rings is 1. The minimum absolute atomic E-state index is 0.556. The number of aliphatic imine (C=N–C) groups is 1. The molecule has 1 aromatic carbocycles. The van der Waals surface area contributed by atoms with Gasteiger partial charge in [0.1, 0.15) is 5.01 Å². The smallest absolute Gasteiger partial charge is 0.191 e. The Kier molecular flexibility index (Phi) is 4.73. The van der Waals surface area contributed by atoms with Crippen LogP contribution in [0.2, 0.25) is 0 Å². The van der Waals surface area contributed by atoms with Crippen molar-refractivity contribution in [2.24, 2.45) is 16.6 Å². The number of guanidine groups is 1. The van der Waals surface area contributed by atoms with Gasteiger partial charge in [0, 0.05) is 24.0 Å². The van der Waals surface area contributed by atoms with Crippen LogP contribution in [0.5, 0.6) is 0 Å². The third kappa shape index (κ3) is 3.65. The van der Waals surface area contributed by atoms with E-state index in [1.807, 2.05) is 18.2 Å². The van der Waals surface area contributed by atoms with Gasteiger partial charge in [-0.05, 0) is 18.8 Å². The standard InChI is InChI=1S/C17H22N4S/c1-13-6-5-9-21(11-13)17(18)19-10-15-12-22-16(20-15)14-7-3-2-4-8-14/h2-4,7-8,12-13H,5-6,9-11H2,1H3,(H2,18,19). The van der Waals surface area contributed by atoms with Gasteiger partial charge in [-0.2, -0.15) is 0 Å². The molecule has 5 heteroatoms. The van der Waals surface area contributed by atoms with E-state index in [0.717, 1.165) is 29.4 Å². The molecule has 2 heterocycles. The topological polar surface area (TPSA) is 54.5 Å². The molecule has 0 saturated carbocycles. The Morgan fingerprint density at radius 2 is 2.23 bits per heavy atom. The number of hydrogen-bond acceptors (Lipinski definition) is 3. The number of nitrogens with zero attached hydrogens (tertiary/aromatic N) is 3. The van der Waals surface area contributed by atoms with Gasteiger partial charge >= 0.3 is 0 Å². The summed E-state index contributed by atoms with van der Waals surface area (Å²) < 4.78 is 0. The molecule has 1 unspecified atom stereocenters. The lowest BCUT2D eigenvalue weighted by molar-refractivity contribution is 0.270. The molecule has 0 amide bonds. The molecule has 1 aliphatic rings. The zero-order valence-electron chi connectivity index (χ0n) is 12.9. The van der Waals surface area contributed by atoms with E-state index >= 15 is 0 Å². The van der Waals surface area contributed by atoms with Crippen LogP contribution in [0, 0.1) is 5.92 Å². The Hall–Kier alpha value is -1.88. The van der Waals surface area contributed by atoms with Gasteiger partial charge in [0.25, 0.3) is 0 Å². The molecule has 0 spiro atoms. The SMILES string of the molecule is CC1CCCN(C(N)=NCc2csc(-c3ccccc3)n2)C1. The van der Waals surface area contributed by atoms with Crippen molar-refractivity contribution in [1.29, 1.82) is 0 Å². The molecule has 1 aliphatic heterocycles. The van der Waals surface area contributed by atoms with E-state index in [1.165, 1.54) is 12.8 Å². The van der Waals surface area contributed by atoms with Gasteiger partial charge < -0.3 is 10.6 Å². The van der Waals surface area contributed by atoms with Crippen LogP contribution in [-0.2, 0) is 6.54 Å². The number of aromatic nitrogens is 1. The van der Waals surface area contributed by atoms with E-state index in [9.17, 15) is 0 Å². The number of piperidine rings is 1. The zero-order chi connectivity index (χ0) is 15.4. The number of rotatable bonds is 3. The Morgan fingerprint density at radius 1 is 1.41 bits per heavy atom. The highest BCUT2D eigenvalue weighted by molar-refractivity contribution is 7.13. The fraction of sp³-hybridized carbons (Fsp3) is 0.412. The molecule has 0 bridgehead atoms. The van der Waals surface area contributed by atoms with Crippen molar-refractivity contribution in [1.82, 2.24) is 9.88 Å². The third-order valence-corrected chi connectivity index (χ3v) is 4.90. The first-order valence-electron chi connectivity index (χ1n) is 7.77. The Morgan fingerprint density at radius 3 is 3.00 bits per heavy atom. The van der Waals surface area contributed by atoms with Crippen molar-refractivity contribution in [3.05, 3.63) is 41.4 Å². The summed E-state index contributed by atoms with van der Waals surface area (Å²) in [7, 11) is 0. The fourth-order valence-corrected chi connectivity index (χ4v) is 3.57. The quantitative estimate of drug-likeness (QED) is 0.698. The monoisotopic (exact) mass is 314 g/mol. The molecule has 1 atom stereocenters. The van der Waals surface area contributed by atoms with Crippen molar-refractivity contribution >= 4 is 17.3 Å². The van der Waals surface area contributed by atoms with E-state index < -0.39 is 0 Å².